The van der Waals surface area contributed by atoms with Gasteiger partial charge in [-0.2, -0.15) is 0 Å². The minimum atomic E-state index is -0.850. The molecule has 1 saturated carbocycles. The summed E-state index contributed by atoms with van der Waals surface area (Å²) in [5.74, 6) is -0.508. The van der Waals surface area contributed by atoms with Crippen LogP contribution in [0, 0.1) is 0 Å². The molecule has 2 N–H and O–H groups in total. The smallest absolute Gasteiger partial charge is 0.408 e. The maximum absolute atomic E-state index is 13.6. The van der Waals surface area contributed by atoms with E-state index in [4.69, 9.17) is 4.74 Å². The van der Waals surface area contributed by atoms with Crippen LogP contribution in [0.5, 0.6) is 0 Å². The van der Waals surface area contributed by atoms with Crippen molar-refractivity contribution in [2.24, 2.45) is 0 Å². The van der Waals surface area contributed by atoms with Gasteiger partial charge >= 0.3 is 6.09 Å². The van der Waals surface area contributed by atoms with Crippen LogP contribution in [0.2, 0.25) is 0 Å². The highest BCUT2D eigenvalue weighted by Crippen LogP contribution is 2.27. The molecule has 2 unspecified atom stereocenters. The minimum Gasteiger partial charge on any atom is -0.444 e. The third-order valence-electron chi connectivity index (χ3n) is 6.10. The summed E-state index contributed by atoms with van der Waals surface area (Å²) >= 11 is 0. The minimum absolute atomic E-state index is 0.125. The molecule has 1 fully saturated rings. The third-order valence-corrected chi connectivity index (χ3v) is 6.10. The monoisotopic (exact) mass is 473 g/mol. The highest BCUT2D eigenvalue weighted by Gasteiger charge is 2.37. The molecule has 2 atom stereocenters. The number of hydrogen-bond donors (Lipinski definition) is 2. The fourth-order valence-electron chi connectivity index (χ4n) is 4.35. The number of carbonyl (C=O) groups excluding carboxylic acids is 3. The van der Waals surface area contributed by atoms with Crippen LogP contribution in [0.3, 0.4) is 0 Å². The Balaban J connectivity index is 2.33. The molecule has 0 aliphatic heterocycles. The quantitative estimate of drug-likeness (QED) is 0.563. The first-order valence-corrected chi connectivity index (χ1v) is 12.6. The van der Waals surface area contributed by atoms with Crippen LogP contribution in [0.15, 0.2) is 24.3 Å². The summed E-state index contributed by atoms with van der Waals surface area (Å²) in [5.41, 5.74) is 1.25. The number of nitrogens with one attached hydrogen (secondary N) is 2. The van der Waals surface area contributed by atoms with Gasteiger partial charge in [0.15, 0.2) is 0 Å². The molecule has 0 saturated heterocycles. The van der Waals surface area contributed by atoms with E-state index in [1.54, 1.807) is 32.6 Å². The lowest BCUT2D eigenvalue weighted by atomic mass is 9.94. The molecule has 190 valence electrons. The maximum atomic E-state index is 13.6. The summed E-state index contributed by atoms with van der Waals surface area (Å²) in [4.78, 5) is 41.1. The van der Waals surface area contributed by atoms with E-state index in [0.717, 1.165) is 43.2 Å². The highest BCUT2D eigenvalue weighted by molar-refractivity contribution is 5.92. The molecule has 7 heteroatoms. The number of alkyl carbamates (subject to hydrolysis) is 1. The van der Waals surface area contributed by atoms with Crippen molar-refractivity contribution in [3.63, 3.8) is 0 Å². The van der Waals surface area contributed by atoms with Crippen molar-refractivity contribution in [1.82, 2.24) is 15.5 Å². The van der Waals surface area contributed by atoms with Gasteiger partial charge in [-0.3, -0.25) is 9.59 Å². The first-order valence-electron chi connectivity index (χ1n) is 12.6. The number of nitrogens with zero attached hydrogens (tertiary/aromatic N) is 1. The van der Waals surface area contributed by atoms with E-state index in [0.29, 0.717) is 0 Å². The summed E-state index contributed by atoms with van der Waals surface area (Å²) in [6, 6.07) is 6.09. The number of carbonyl (C=O) groups is 3. The van der Waals surface area contributed by atoms with Crippen molar-refractivity contribution in [2.45, 2.75) is 117 Å². The SMILES string of the molecule is CCc1ccc(C(C(=O)NC2CCCCC2)N(C(=O)C(C)NC(=O)OC(C)(C)C)C(C)C)cc1. The number of hydrogen-bond acceptors (Lipinski definition) is 4. The van der Waals surface area contributed by atoms with E-state index in [2.05, 4.69) is 17.6 Å². The normalized spacial score (nSPS) is 16.5. The number of ether oxygens (including phenoxy) is 1. The van der Waals surface area contributed by atoms with E-state index in [1.165, 1.54) is 6.42 Å². The Morgan fingerprint density at radius 3 is 2.12 bits per heavy atom. The Labute approximate surface area is 205 Å². The van der Waals surface area contributed by atoms with Crippen LogP contribution in [0.4, 0.5) is 4.79 Å². The molecule has 0 bridgehead atoms. The molecule has 0 heterocycles. The average Bonchev–Trinajstić information content (AvgIpc) is 2.76. The fraction of sp³-hybridized carbons (Fsp3) is 0.667. The molecule has 1 aromatic carbocycles. The van der Waals surface area contributed by atoms with Crippen LogP contribution < -0.4 is 10.6 Å². The lowest BCUT2D eigenvalue weighted by Gasteiger charge is -2.37. The Kier molecular flexibility index (Phi) is 9.95. The molecule has 0 spiro atoms. The molecule has 7 nitrogen and oxygen atoms in total. The zero-order valence-electron chi connectivity index (χ0n) is 21.9. The summed E-state index contributed by atoms with van der Waals surface area (Å²) in [6.45, 7) is 12.8. The van der Waals surface area contributed by atoms with Gasteiger partial charge in [-0.05, 0) is 71.9 Å². The van der Waals surface area contributed by atoms with Gasteiger partial charge in [0.05, 0.1) is 0 Å². The molecule has 2 rings (SSSR count). The second-order valence-corrected chi connectivity index (χ2v) is 10.5. The average molecular weight is 474 g/mol. The van der Waals surface area contributed by atoms with Crippen molar-refractivity contribution in [2.75, 3.05) is 0 Å². The molecular weight excluding hydrogens is 430 g/mol. The van der Waals surface area contributed by atoms with Crippen molar-refractivity contribution in [1.29, 1.82) is 0 Å². The maximum Gasteiger partial charge on any atom is 0.408 e. The first-order chi connectivity index (χ1) is 15.9. The van der Waals surface area contributed by atoms with Crippen LogP contribution in [-0.4, -0.2) is 46.5 Å². The van der Waals surface area contributed by atoms with Gasteiger partial charge in [-0.15, -0.1) is 0 Å². The standard InChI is InChI=1S/C27H43N3O4/c1-8-20-14-16-21(17-15-20)23(24(31)29-22-12-10-9-11-13-22)30(18(2)3)25(32)19(4)28-26(33)34-27(5,6)7/h14-19,22-23H,8-13H2,1-7H3,(H,28,33)(H,29,31). The molecule has 34 heavy (non-hydrogen) atoms. The summed E-state index contributed by atoms with van der Waals surface area (Å²) in [7, 11) is 0. The Morgan fingerprint density at radius 1 is 1.03 bits per heavy atom. The van der Waals surface area contributed by atoms with Gasteiger partial charge in [0.1, 0.15) is 17.7 Å². The molecule has 1 aliphatic rings. The van der Waals surface area contributed by atoms with Gasteiger partial charge in [-0.1, -0.05) is 50.5 Å². The lowest BCUT2D eigenvalue weighted by Crippen LogP contribution is -2.55. The summed E-state index contributed by atoms with van der Waals surface area (Å²) in [6.07, 6.45) is 5.54. The van der Waals surface area contributed by atoms with Gasteiger partial charge in [0, 0.05) is 12.1 Å². The topological polar surface area (TPSA) is 87.7 Å². The van der Waals surface area contributed by atoms with E-state index < -0.39 is 23.8 Å². The van der Waals surface area contributed by atoms with Gasteiger partial charge in [-0.25, -0.2) is 4.79 Å². The van der Waals surface area contributed by atoms with Crippen LogP contribution in [0.1, 0.15) is 97.7 Å². The number of benzene rings is 1. The predicted molar refractivity (Wildman–Crippen MR) is 134 cm³/mol. The van der Waals surface area contributed by atoms with Crippen molar-refractivity contribution < 1.29 is 19.1 Å². The highest BCUT2D eigenvalue weighted by atomic mass is 16.6. The van der Waals surface area contributed by atoms with E-state index in [1.807, 2.05) is 38.1 Å². The van der Waals surface area contributed by atoms with E-state index in [9.17, 15) is 14.4 Å². The largest absolute Gasteiger partial charge is 0.444 e. The second-order valence-electron chi connectivity index (χ2n) is 10.5. The lowest BCUT2D eigenvalue weighted by molar-refractivity contribution is -0.144. The fourth-order valence-corrected chi connectivity index (χ4v) is 4.35. The molecule has 1 aliphatic carbocycles. The molecule has 0 radical (unpaired) electrons. The number of rotatable bonds is 8. The molecule has 3 amide bonds. The van der Waals surface area contributed by atoms with Crippen LogP contribution >= 0.6 is 0 Å². The van der Waals surface area contributed by atoms with E-state index in [-0.39, 0.29) is 23.9 Å². The summed E-state index contributed by atoms with van der Waals surface area (Å²) in [5, 5.41) is 5.83. The number of amides is 3. The third kappa shape index (κ3) is 8.03. The van der Waals surface area contributed by atoms with Gasteiger partial charge < -0.3 is 20.3 Å². The van der Waals surface area contributed by atoms with Gasteiger partial charge in [0.2, 0.25) is 11.8 Å². The van der Waals surface area contributed by atoms with Crippen molar-refractivity contribution in [3.8, 4) is 0 Å². The predicted octanol–water partition coefficient (Wildman–Crippen LogP) is 4.89. The number of aryl methyl sites for hydroxylation is 1. The molecule has 0 aromatic heterocycles. The molecule has 1 aromatic rings. The first kappa shape index (κ1) is 27.7. The zero-order chi connectivity index (χ0) is 25.5. The summed E-state index contributed by atoms with van der Waals surface area (Å²) < 4.78 is 5.32. The van der Waals surface area contributed by atoms with Crippen LogP contribution in [-0.2, 0) is 20.7 Å². The Bertz CT molecular complexity index is 823. The van der Waals surface area contributed by atoms with Crippen LogP contribution in [0.25, 0.3) is 0 Å². The van der Waals surface area contributed by atoms with E-state index >= 15 is 0 Å². The van der Waals surface area contributed by atoms with Gasteiger partial charge in [0.25, 0.3) is 0 Å². The Hall–Kier alpha value is -2.57. The van der Waals surface area contributed by atoms with Crippen molar-refractivity contribution in [3.05, 3.63) is 35.4 Å². The molecular formula is C27H43N3O4. The van der Waals surface area contributed by atoms with Crippen molar-refractivity contribution >= 4 is 17.9 Å². The Morgan fingerprint density at radius 2 is 1.62 bits per heavy atom. The zero-order valence-corrected chi connectivity index (χ0v) is 21.9. The second kappa shape index (κ2) is 12.2.